The number of hydrogen-bond acceptors (Lipinski definition) is 4. The van der Waals surface area contributed by atoms with Crippen LogP contribution in [0.25, 0.3) is 0 Å². The normalized spacial score (nSPS) is 16.9. The fourth-order valence-corrected chi connectivity index (χ4v) is 3.38. The van der Waals surface area contributed by atoms with Gasteiger partial charge in [-0.3, -0.25) is 14.6 Å². The lowest BCUT2D eigenvalue weighted by atomic mass is 10.0. The van der Waals surface area contributed by atoms with Crippen LogP contribution in [-0.4, -0.2) is 73.1 Å². The molecular formula is C19H37IN6O. The van der Waals surface area contributed by atoms with E-state index in [1.54, 1.807) is 0 Å². The number of rotatable bonds is 9. The molecule has 27 heavy (non-hydrogen) atoms. The smallest absolute Gasteiger partial charge is 0.191 e. The van der Waals surface area contributed by atoms with E-state index in [4.69, 9.17) is 4.74 Å². The van der Waals surface area contributed by atoms with Gasteiger partial charge in [0.15, 0.2) is 5.96 Å². The third-order valence-electron chi connectivity index (χ3n) is 4.73. The van der Waals surface area contributed by atoms with Gasteiger partial charge in [-0.15, -0.1) is 24.0 Å². The number of halogens is 1. The summed E-state index contributed by atoms with van der Waals surface area (Å²) in [7, 11) is 3.79. The van der Waals surface area contributed by atoms with Gasteiger partial charge in [-0.25, -0.2) is 0 Å². The zero-order valence-corrected chi connectivity index (χ0v) is 19.6. The first-order valence-corrected chi connectivity index (χ1v) is 9.82. The molecular weight excluding hydrogens is 455 g/mol. The third-order valence-corrected chi connectivity index (χ3v) is 4.73. The summed E-state index contributed by atoms with van der Waals surface area (Å²) in [6.45, 7) is 10.1. The van der Waals surface area contributed by atoms with Gasteiger partial charge in [0, 0.05) is 52.5 Å². The molecule has 0 aliphatic carbocycles. The number of nitrogens with zero attached hydrogens (tertiary/aromatic N) is 4. The van der Waals surface area contributed by atoms with Gasteiger partial charge in [-0.2, -0.15) is 5.10 Å². The number of morpholine rings is 1. The van der Waals surface area contributed by atoms with Gasteiger partial charge in [-0.1, -0.05) is 13.8 Å². The van der Waals surface area contributed by atoms with Gasteiger partial charge in [0.05, 0.1) is 19.4 Å². The maximum atomic E-state index is 5.50. The average molecular weight is 492 g/mol. The Morgan fingerprint density at radius 2 is 2.04 bits per heavy atom. The Morgan fingerprint density at radius 3 is 2.63 bits per heavy atom. The van der Waals surface area contributed by atoms with E-state index in [2.05, 4.69) is 45.7 Å². The number of aromatic nitrogens is 2. The van der Waals surface area contributed by atoms with Crippen LogP contribution in [0.5, 0.6) is 0 Å². The summed E-state index contributed by atoms with van der Waals surface area (Å²) in [5.74, 6) is 1.57. The Labute approximate surface area is 181 Å². The minimum absolute atomic E-state index is 0. The first-order valence-electron chi connectivity index (χ1n) is 9.82. The summed E-state index contributed by atoms with van der Waals surface area (Å²) in [6, 6.07) is 0.521. The van der Waals surface area contributed by atoms with Crippen molar-refractivity contribution in [1.29, 1.82) is 0 Å². The number of guanidine groups is 1. The lowest BCUT2D eigenvalue weighted by Crippen LogP contribution is -2.51. The van der Waals surface area contributed by atoms with Gasteiger partial charge in [0.2, 0.25) is 0 Å². The zero-order chi connectivity index (χ0) is 18.8. The second-order valence-electron chi connectivity index (χ2n) is 7.44. The van der Waals surface area contributed by atoms with E-state index in [1.807, 2.05) is 25.0 Å². The van der Waals surface area contributed by atoms with Crippen molar-refractivity contribution in [1.82, 2.24) is 25.3 Å². The Bertz CT molecular complexity index is 542. The van der Waals surface area contributed by atoms with E-state index in [-0.39, 0.29) is 24.0 Å². The fraction of sp³-hybridized carbons (Fsp3) is 0.789. The van der Waals surface area contributed by atoms with Crippen molar-refractivity contribution in [2.75, 3.05) is 46.4 Å². The van der Waals surface area contributed by atoms with Crippen LogP contribution in [0.15, 0.2) is 17.4 Å². The highest BCUT2D eigenvalue weighted by atomic mass is 127. The quantitative estimate of drug-likeness (QED) is 0.239. The summed E-state index contributed by atoms with van der Waals surface area (Å²) in [6.07, 6.45) is 7.29. The van der Waals surface area contributed by atoms with E-state index in [9.17, 15) is 0 Å². The van der Waals surface area contributed by atoms with Crippen LogP contribution in [0.1, 0.15) is 32.3 Å². The summed E-state index contributed by atoms with van der Waals surface area (Å²) in [4.78, 5) is 6.92. The number of aliphatic imine (C=N–C) groups is 1. The summed E-state index contributed by atoms with van der Waals surface area (Å²) < 4.78 is 7.35. The van der Waals surface area contributed by atoms with Gasteiger partial charge in [0.1, 0.15) is 0 Å². The van der Waals surface area contributed by atoms with Crippen LogP contribution < -0.4 is 10.6 Å². The Kier molecular flexibility index (Phi) is 11.9. The van der Waals surface area contributed by atoms with Crippen LogP contribution in [-0.2, 0) is 18.2 Å². The average Bonchev–Trinajstić information content (AvgIpc) is 3.05. The molecule has 0 saturated carbocycles. The SMILES string of the molecule is CN=C(NCCCc1cnn(C)c1)NCC(CC(C)C)N1CCOCC1.I. The van der Waals surface area contributed by atoms with Gasteiger partial charge < -0.3 is 15.4 Å². The topological polar surface area (TPSA) is 66.7 Å². The molecule has 1 unspecified atom stereocenters. The predicted molar refractivity (Wildman–Crippen MR) is 122 cm³/mol. The molecule has 156 valence electrons. The standard InChI is InChI=1S/C19H36N6O.HI/c1-16(2)12-18(25-8-10-26-11-9-25)14-22-19(20-3)21-7-5-6-17-13-23-24(4)15-17;/h13,15-16,18H,5-12,14H2,1-4H3,(H2,20,21,22);1H. The first-order chi connectivity index (χ1) is 12.6. The van der Waals surface area contributed by atoms with Crippen LogP contribution in [0.2, 0.25) is 0 Å². The number of ether oxygens (including phenoxy) is 1. The van der Waals surface area contributed by atoms with Crippen molar-refractivity contribution in [2.24, 2.45) is 18.0 Å². The molecule has 0 radical (unpaired) electrons. The second kappa shape index (κ2) is 13.3. The minimum atomic E-state index is 0. The molecule has 2 heterocycles. The lowest BCUT2D eigenvalue weighted by Gasteiger charge is -2.35. The molecule has 0 amide bonds. The molecule has 0 spiro atoms. The van der Waals surface area contributed by atoms with Gasteiger partial charge in [0.25, 0.3) is 0 Å². The molecule has 0 aromatic carbocycles. The zero-order valence-electron chi connectivity index (χ0n) is 17.3. The highest BCUT2D eigenvalue weighted by Crippen LogP contribution is 2.13. The molecule has 8 heteroatoms. The van der Waals surface area contributed by atoms with Gasteiger partial charge >= 0.3 is 0 Å². The van der Waals surface area contributed by atoms with E-state index in [1.165, 1.54) is 12.0 Å². The van der Waals surface area contributed by atoms with E-state index in [0.717, 1.165) is 58.2 Å². The fourth-order valence-electron chi connectivity index (χ4n) is 3.38. The van der Waals surface area contributed by atoms with E-state index >= 15 is 0 Å². The molecule has 1 aromatic rings. The Morgan fingerprint density at radius 1 is 1.30 bits per heavy atom. The Balaban J connectivity index is 0.00000364. The maximum absolute atomic E-state index is 5.50. The molecule has 2 N–H and O–H groups in total. The van der Waals surface area contributed by atoms with Crippen LogP contribution in [0.3, 0.4) is 0 Å². The molecule has 1 saturated heterocycles. The second-order valence-corrected chi connectivity index (χ2v) is 7.44. The number of nitrogens with one attached hydrogen (secondary N) is 2. The van der Waals surface area contributed by atoms with Crippen molar-refractivity contribution < 1.29 is 4.74 Å². The van der Waals surface area contributed by atoms with Crippen molar-refractivity contribution >= 4 is 29.9 Å². The first kappa shape index (κ1) is 24.2. The van der Waals surface area contributed by atoms with Crippen molar-refractivity contribution in [2.45, 2.75) is 39.2 Å². The molecule has 1 atom stereocenters. The molecule has 1 aliphatic heterocycles. The van der Waals surface area contributed by atoms with E-state index in [0.29, 0.717) is 12.0 Å². The molecule has 0 bridgehead atoms. The van der Waals surface area contributed by atoms with Crippen LogP contribution in [0, 0.1) is 5.92 Å². The highest BCUT2D eigenvalue weighted by Gasteiger charge is 2.22. The van der Waals surface area contributed by atoms with Crippen molar-refractivity contribution in [3.63, 3.8) is 0 Å². The number of aryl methyl sites for hydroxylation is 2. The lowest BCUT2D eigenvalue weighted by molar-refractivity contribution is 0.0132. The molecule has 2 rings (SSSR count). The predicted octanol–water partition coefficient (Wildman–Crippen LogP) is 1.88. The van der Waals surface area contributed by atoms with E-state index < -0.39 is 0 Å². The molecule has 1 fully saturated rings. The summed E-state index contributed by atoms with van der Waals surface area (Å²) >= 11 is 0. The molecule has 1 aliphatic rings. The number of hydrogen-bond donors (Lipinski definition) is 2. The minimum Gasteiger partial charge on any atom is -0.379 e. The molecule has 7 nitrogen and oxygen atoms in total. The largest absolute Gasteiger partial charge is 0.379 e. The van der Waals surface area contributed by atoms with Crippen LogP contribution in [0.4, 0.5) is 0 Å². The van der Waals surface area contributed by atoms with Crippen molar-refractivity contribution in [3.05, 3.63) is 18.0 Å². The summed E-state index contributed by atoms with van der Waals surface area (Å²) in [5, 5.41) is 11.2. The third kappa shape index (κ3) is 9.25. The molecule has 1 aromatic heterocycles. The monoisotopic (exact) mass is 492 g/mol. The Hall–Kier alpha value is -0.870. The maximum Gasteiger partial charge on any atom is 0.191 e. The van der Waals surface area contributed by atoms with Crippen molar-refractivity contribution in [3.8, 4) is 0 Å². The summed E-state index contributed by atoms with van der Waals surface area (Å²) in [5.41, 5.74) is 1.28. The van der Waals surface area contributed by atoms with Crippen LogP contribution >= 0.6 is 24.0 Å². The highest BCUT2D eigenvalue weighted by molar-refractivity contribution is 14.0. The van der Waals surface area contributed by atoms with Gasteiger partial charge in [-0.05, 0) is 30.7 Å².